The highest BCUT2D eigenvalue weighted by Gasteiger charge is 2.27. The number of anilines is 1. The van der Waals surface area contributed by atoms with E-state index in [0.29, 0.717) is 11.3 Å². The molecule has 10 heteroatoms. The van der Waals surface area contributed by atoms with Gasteiger partial charge in [0.15, 0.2) is 11.6 Å². The third-order valence-corrected chi connectivity index (χ3v) is 6.28. The third kappa shape index (κ3) is 5.82. The van der Waals surface area contributed by atoms with E-state index in [1.807, 2.05) is 0 Å². The molecular formula is C22H19ClF2N2O4S. The van der Waals surface area contributed by atoms with Crippen molar-refractivity contribution in [3.05, 3.63) is 89.0 Å². The van der Waals surface area contributed by atoms with Crippen molar-refractivity contribution >= 4 is 33.2 Å². The predicted molar refractivity (Wildman–Crippen MR) is 117 cm³/mol. The maximum absolute atomic E-state index is 13.5. The average Bonchev–Trinajstić information content (AvgIpc) is 2.76. The van der Waals surface area contributed by atoms with Gasteiger partial charge in [-0.2, -0.15) is 4.72 Å². The first-order chi connectivity index (χ1) is 15.2. The van der Waals surface area contributed by atoms with Crippen LogP contribution in [0, 0.1) is 11.6 Å². The number of halogens is 3. The van der Waals surface area contributed by atoms with Gasteiger partial charge in [-0.15, -0.1) is 0 Å². The van der Waals surface area contributed by atoms with Crippen molar-refractivity contribution in [2.75, 3.05) is 12.4 Å². The lowest BCUT2D eigenvalue weighted by Crippen LogP contribution is -2.45. The van der Waals surface area contributed by atoms with Crippen LogP contribution in [0.25, 0.3) is 0 Å². The predicted octanol–water partition coefficient (Wildman–Crippen LogP) is 4.16. The van der Waals surface area contributed by atoms with E-state index in [-0.39, 0.29) is 22.0 Å². The average molecular weight is 481 g/mol. The fourth-order valence-corrected chi connectivity index (χ4v) is 4.45. The maximum Gasteiger partial charge on any atom is 0.242 e. The van der Waals surface area contributed by atoms with Gasteiger partial charge in [-0.25, -0.2) is 17.2 Å². The van der Waals surface area contributed by atoms with Crippen LogP contribution in [-0.2, 0) is 21.2 Å². The Balaban J connectivity index is 1.88. The first-order valence-corrected chi connectivity index (χ1v) is 11.2. The van der Waals surface area contributed by atoms with E-state index < -0.39 is 33.6 Å². The van der Waals surface area contributed by atoms with Crippen molar-refractivity contribution in [2.24, 2.45) is 0 Å². The molecule has 0 aliphatic rings. The summed E-state index contributed by atoms with van der Waals surface area (Å²) in [6.07, 6.45) is 0.0134. The Bertz CT molecular complexity index is 1220. The van der Waals surface area contributed by atoms with Gasteiger partial charge in [0, 0.05) is 11.8 Å². The first kappa shape index (κ1) is 23.6. The number of benzene rings is 3. The molecule has 0 saturated carbocycles. The van der Waals surface area contributed by atoms with Crippen molar-refractivity contribution < 1.29 is 26.7 Å². The summed E-state index contributed by atoms with van der Waals surface area (Å²) in [5.41, 5.74) is 0.673. The summed E-state index contributed by atoms with van der Waals surface area (Å²) in [7, 11) is -2.77. The Labute approximate surface area is 189 Å². The largest absolute Gasteiger partial charge is 0.495 e. The summed E-state index contributed by atoms with van der Waals surface area (Å²) in [4.78, 5) is 12.7. The molecule has 0 aliphatic carbocycles. The molecule has 0 bridgehead atoms. The minimum Gasteiger partial charge on any atom is -0.495 e. The van der Waals surface area contributed by atoms with Crippen LogP contribution in [0.4, 0.5) is 14.5 Å². The molecule has 1 atom stereocenters. The Morgan fingerprint density at radius 2 is 1.75 bits per heavy atom. The summed E-state index contributed by atoms with van der Waals surface area (Å²) in [6.45, 7) is 0. The maximum atomic E-state index is 13.5. The molecule has 0 fully saturated rings. The van der Waals surface area contributed by atoms with E-state index in [4.69, 9.17) is 16.3 Å². The Morgan fingerprint density at radius 1 is 1.03 bits per heavy atom. The lowest BCUT2D eigenvalue weighted by molar-refractivity contribution is -0.117. The van der Waals surface area contributed by atoms with Crippen LogP contribution >= 0.6 is 11.6 Å². The van der Waals surface area contributed by atoms with E-state index in [0.717, 1.165) is 12.1 Å². The molecule has 0 aromatic heterocycles. The molecule has 0 spiro atoms. The van der Waals surface area contributed by atoms with Gasteiger partial charge in [0.2, 0.25) is 15.9 Å². The summed E-state index contributed by atoms with van der Waals surface area (Å²) < 4.78 is 60.0. The van der Waals surface area contributed by atoms with Crippen molar-refractivity contribution in [1.29, 1.82) is 0 Å². The summed E-state index contributed by atoms with van der Waals surface area (Å²) >= 11 is 6.04. The lowest BCUT2D eigenvalue weighted by Gasteiger charge is -2.19. The van der Waals surface area contributed by atoms with E-state index >= 15 is 0 Å². The van der Waals surface area contributed by atoms with Gasteiger partial charge in [-0.1, -0.05) is 41.9 Å². The van der Waals surface area contributed by atoms with Crippen LogP contribution in [0.2, 0.25) is 5.02 Å². The molecular weight excluding hydrogens is 462 g/mol. The number of ether oxygens (including phenoxy) is 1. The molecule has 1 unspecified atom stereocenters. The van der Waals surface area contributed by atoms with Gasteiger partial charge in [0.1, 0.15) is 11.8 Å². The fourth-order valence-electron chi connectivity index (χ4n) is 2.91. The Hall–Kier alpha value is -3.01. The van der Waals surface area contributed by atoms with E-state index in [9.17, 15) is 22.0 Å². The van der Waals surface area contributed by atoms with Crippen molar-refractivity contribution in [3.8, 4) is 5.75 Å². The summed E-state index contributed by atoms with van der Waals surface area (Å²) in [6, 6.07) is 14.2. The Morgan fingerprint density at radius 3 is 2.38 bits per heavy atom. The third-order valence-electron chi connectivity index (χ3n) is 4.52. The van der Waals surface area contributed by atoms with Gasteiger partial charge in [-0.05, 0) is 42.3 Å². The number of rotatable bonds is 8. The number of hydrogen-bond donors (Lipinski definition) is 2. The molecule has 32 heavy (non-hydrogen) atoms. The number of carbonyl (C=O) groups excluding carboxylic acids is 1. The second-order valence-electron chi connectivity index (χ2n) is 6.78. The lowest BCUT2D eigenvalue weighted by atomic mass is 10.1. The molecule has 3 aromatic rings. The van der Waals surface area contributed by atoms with E-state index in [1.54, 1.807) is 30.3 Å². The minimum atomic E-state index is -4.16. The molecule has 0 saturated heterocycles. The van der Waals surface area contributed by atoms with Crippen LogP contribution < -0.4 is 14.8 Å². The van der Waals surface area contributed by atoms with Gasteiger partial charge in [-0.3, -0.25) is 4.79 Å². The fraction of sp³-hybridized carbons (Fsp3) is 0.136. The topological polar surface area (TPSA) is 84.5 Å². The second kappa shape index (κ2) is 10.1. The van der Waals surface area contributed by atoms with Crippen LogP contribution in [0.3, 0.4) is 0 Å². The SMILES string of the molecule is COc1ccc(S(=O)(=O)NC(Cc2ccccc2)C(=O)Nc2ccc(F)c(F)c2)cc1Cl. The molecule has 3 aromatic carbocycles. The number of carbonyl (C=O) groups is 1. The standard InChI is InChI=1S/C22H19ClF2N2O4S/c1-31-21-10-8-16(13-17(21)23)32(29,30)27-20(11-14-5-3-2-4-6-14)22(28)26-15-7-9-18(24)19(25)12-15/h2-10,12-13,20,27H,11H2,1H3,(H,26,28). The van der Waals surface area contributed by atoms with E-state index in [2.05, 4.69) is 10.0 Å². The zero-order valence-corrected chi connectivity index (χ0v) is 18.4. The number of hydrogen-bond acceptors (Lipinski definition) is 4. The number of sulfonamides is 1. The number of methoxy groups -OCH3 is 1. The van der Waals surface area contributed by atoms with Crippen LogP contribution in [0.15, 0.2) is 71.6 Å². The monoisotopic (exact) mass is 480 g/mol. The second-order valence-corrected chi connectivity index (χ2v) is 8.90. The highest BCUT2D eigenvalue weighted by Crippen LogP contribution is 2.27. The van der Waals surface area contributed by atoms with Gasteiger partial charge in [0.05, 0.1) is 17.0 Å². The highest BCUT2D eigenvalue weighted by atomic mass is 35.5. The van der Waals surface area contributed by atoms with Crippen molar-refractivity contribution in [2.45, 2.75) is 17.4 Å². The molecule has 3 rings (SSSR count). The van der Waals surface area contributed by atoms with Crippen LogP contribution in [0.5, 0.6) is 5.75 Å². The Kier molecular flexibility index (Phi) is 7.44. The molecule has 6 nitrogen and oxygen atoms in total. The molecule has 1 amide bonds. The van der Waals surface area contributed by atoms with Crippen molar-refractivity contribution in [3.63, 3.8) is 0 Å². The normalized spacial score (nSPS) is 12.2. The number of nitrogens with one attached hydrogen (secondary N) is 2. The molecule has 0 radical (unpaired) electrons. The zero-order chi connectivity index (χ0) is 23.3. The molecule has 168 valence electrons. The minimum absolute atomic E-state index is 0.0134. The summed E-state index contributed by atoms with van der Waals surface area (Å²) in [5, 5.41) is 2.50. The van der Waals surface area contributed by atoms with Crippen LogP contribution in [0.1, 0.15) is 5.56 Å². The van der Waals surface area contributed by atoms with E-state index in [1.165, 1.54) is 31.4 Å². The van der Waals surface area contributed by atoms with Crippen LogP contribution in [-0.4, -0.2) is 27.5 Å². The highest BCUT2D eigenvalue weighted by molar-refractivity contribution is 7.89. The molecule has 2 N–H and O–H groups in total. The van der Waals surface area contributed by atoms with Gasteiger partial charge in [0.25, 0.3) is 0 Å². The molecule has 0 aliphatic heterocycles. The first-order valence-electron chi connectivity index (χ1n) is 9.35. The quantitative estimate of drug-likeness (QED) is 0.507. The smallest absolute Gasteiger partial charge is 0.242 e. The summed E-state index contributed by atoms with van der Waals surface area (Å²) in [5.74, 6) is -2.66. The number of amides is 1. The molecule has 0 heterocycles. The van der Waals surface area contributed by atoms with Gasteiger partial charge >= 0.3 is 0 Å². The van der Waals surface area contributed by atoms with Crippen molar-refractivity contribution in [1.82, 2.24) is 4.72 Å². The zero-order valence-electron chi connectivity index (χ0n) is 16.8. The van der Waals surface area contributed by atoms with Gasteiger partial charge < -0.3 is 10.1 Å².